The Morgan fingerprint density at radius 1 is 0.917 bits per heavy atom. The Hall–Kier alpha value is -4.34. The molecule has 2 aliphatic rings. The molecule has 3 aromatic rings. The zero-order chi connectivity index (χ0) is 25.1. The van der Waals surface area contributed by atoms with Crippen LogP contribution in [-0.4, -0.2) is 40.8 Å². The summed E-state index contributed by atoms with van der Waals surface area (Å²) >= 11 is 0. The van der Waals surface area contributed by atoms with Gasteiger partial charge in [0.05, 0.1) is 11.8 Å². The summed E-state index contributed by atoms with van der Waals surface area (Å²) in [5, 5.41) is 15.7. The van der Waals surface area contributed by atoms with Crippen LogP contribution in [-0.2, 0) is 0 Å². The van der Waals surface area contributed by atoms with Crippen LogP contribution >= 0.6 is 0 Å². The topological polar surface area (TPSA) is 119 Å². The van der Waals surface area contributed by atoms with Crippen LogP contribution in [0.1, 0.15) is 46.4 Å². The van der Waals surface area contributed by atoms with Gasteiger partial charge in [0.1, 0.15) is 22.9 Å². The van der Waals surface area contributed by atoms with Gasteiger partial charge in [-0.3, -0.25) is 9.59 Å². The first kappa shape index (κ1) is 23.4. The Morgan fingerprint density at radius 3 is 2.31 bits per heavy atom. The number of hydrogen-bond donors (Lipinski definition) is 3. The highest BCUT2D eigenvalue weighted by atomic mass is 19.1. The van der Waals surface area contributed by atoms with Gasteiger partial charge in [-0.25, -0.2) is 9.37 Å². The number of carbonyl (C=O) groups excluding carboxylic acids is 2. The number of para-hydroxylation sites is 1. The Bertz CT molecular complexity index is 1290. The molecule has 0 saturated heterocycles. The number of phenols is 1. The Labute approximate surface area is 206 Å². The fourth-order valence-corrected chi connectivity index (χ4v) is 4.30. The summed E-state index contributed by atoms with van der Waals surface area (Å²) in [4.78, 5) is 29.4. The number of hydrogen-bond acceptors (Lipinski definition) is 7. The number of amides is 2. The number of fused-ring (bicyclic) bond motifs is 1. The second-order valence-corrected chi connectivity index (χ2v) is 8.64. The van der Waals surface area contributed by atoms with Crippen molar-refractivity contribution in [3.8, 4) is 28.9 Å². The molecule has 36 heavy (non-hydrogen) atoms. The summed E-state index contributed by atoms with van der Waals surface area (Å²) < 4.78 is 30.3. The fraction of sp³-hybridized carbons (Fsp3) is 0.269. The van der Waals surface area contributed by atoms with Gasteiger partial charge in [0.2, 0.25) is 12.7 Å². The SMILES string of the molecule is O=C(NC1CCC(NC(=O)c2cc(F)cnc2Oc2ccc3c(c2)OCO3)CC1)c1ccccc1O. The molecule has 0 radical (unpaired) electrons. The molecule has 1 saturated carbocycles. The standard InChI is InChI=1S/C26H24FN3O6/c27-15-11-20(26(28-13-15)36-18-9-10-22-23(12-18)35-14-34-22)25(33)30-17-7-5-16(6-8-17)29-24(32)19-3-1-2-4-21(19)31/h1-4,9-13,16-17,31H,5-8,14H2,(H,29,32)(H,30,33). The fourth-order valence-electron chi connectivity index (χ4n) is 4.30. The minimum Gasteiger partial charge on any atom is -0.507 e. The molecule has 1 aromatic heterocycles. The first-order valence-corrected chi connectivity index (χ1v) is 11.6. The van der Waals surface area contributed by atoms with E-state index in [1.165, 1.54) is 6.07 Å². The van der Waals surface area contributed by atoms with Crippen molar-refractivity contribution in [1.82, 2.24) is 15.6 Å². The lowest BCUT2D eigenvalue weighted by molar-refractivity contribution is 0.0888. The maximum absolute atomic E-state index is 14.0. The Balaban J connectivity index is 1.19. The lowest BCUT2D eigenvalue weighted by atomic mass is 9.90. The van der Waals surface area contributed by atoms with Gasteiger partial charge >= 0.3 is 0 Å². The van der Waals surface area contributed by atoms with Gasteiger partial charge in [-0.05, 0) is 56.0 Å². The predicted octanol–water partition coefficient (Wildman–Crippen LogP) is 3.92. The average molecular weight is 493 g/mol. The number of ether oxygens (including phenoxy) is 3. The number of nitrogens with zero attached hydrogens (tertiary/aromatic N) is 1. The highest BCUT2D eigenvalue weighted by Crippen LogP contribution is 2.37. The normalized spacial score (nSPS) is 18.4. The largest absolute Gasteiger partial charge is 0.507 e. The zero-order valence-electron chi connectivity index (χ0n) is 19.2. The van der Waals surface area contributed by atoms with E-state index in [4.69, 9.17) is 14.2 Å². The van der Waals surface area contributed by atoms with Gasteiger partial charge in [-0.2, -0.15) is 0 Å². The number of carbonyl (C=O) groups is 2. The number of nitrogens with one attached hydrogen (secondary N) is 2. The molecule has 2 heterocycles. The third kappa shape index (κ3) is 5.17. The number of benzene rings is 2. The zero-order valence-corrected chi connectivity index (χ0v) is 19.2. The van der Waals surface area contributed by atoms with Crippen LogP contribution in [0.4, 0.5) is 4.39 Å². The lowest BCUT2D eigenvalue weighted by Gasteiger charge is -2.29. The molecular formula is C26H24FN3O6. The summed E-state index contributed by atoms with van der Waals surface area (Å²) in [6.07, 6.45) is 3.52. The van der Waals surface area contributed by atoms with Crippen molar-refractivity contribution < 1.29 is 33.3 Å². The Kier molecular flexibility index (Phi) is 6.57. The van der Waals surface area contributed by atoms with Crippen molar-refractivity contribution in [2.45, 2.75) is 37.8 Å². The van der Waals surface area contributed by atoms with E-state index >= 15 is 0 Å². The van der Waals surface area contributed by atoms with Gasteiger partial charge in [0.25, 0.3) is 11.8 Å². The third-order valence-corrected chi connectivity index (χ3v) is 6.17. The predicted molar refractivity (Wildman–Crippen MR) is 126 cm³/mol. The highest BCUT2D eigenvalue weighted by Gasteiger charge is 2.26. The van der Waals surface area contributed by atoms with Crippen LogP contribution in [0.3, 0.4) is 0 Å². The second-order valence-electron chi connectivity index (χ2n) is 8.64. The molecule has 0 spiro atoms. The molecule has 2 aromatic carbocycles. The van der Waals surface area contributed by atoms with Crippen LogP contribution in [0.5, 0.6) is 28.9 Å². The highest BCUT2D eigenvalue weighted by molar-refractivity contribution is 5.97. The van der Waals surface area contributed by atoms with Crippen LogP contribution in [0.15, 0.2) is 54.7 Å². The van der Waals surface area contributed by atoms with Crippen molar-refractivity contribution in [1.29, 1.82) is 0 Å². The second kappa shape index (κ2) is 10.1. The molecule has 1 aliphatic carbocycles. The maximum atomic E-state index is 14.0. The van der Waals surface area contributed by atoms with Crippen molar-refractivity contribution in [2.75, 3.05) is 6.79 Å². The van der Waals surface area contributed by atoms with E-state index in [1.807, 2.05) is 0 Å². The van der Waals surface area contributed by atoms with Crippen molar-refractivity contribution in [2.24, 2.45) is 0 Å². The van der Waals surface area contributed by atoms with Crippen LogP contribution < -0.4 is 24.8 Å². The molecule has 0 unspecified atom stereocenters. The van der Waals surface area contributed by atoms with E-state index in [2.05, 4.69) is 15.6 Å². The molecule has 0 atom stereocenters. The lowest BCUT2D eigenvalue weighted by Crippen LogP contribution is -2.43. The molecule has 1 aliphatic heterocycles. The summed E-state index contributed by atoms with van der Waals surface area (Å²) in [6.45, 7) is 0.113. The molecule has 10 heteroatoms. The molecule has 2 amide bonds. The van der Waals surface area contributed by atoms with Crippen molar-refractivity contribution >= 4 is 11.8 Å². The van der Waals surface area contributed by atoms with Crippen LogP contribution in [0, 0.1) is 5.82 Å². The minimum atomic E-state index is -0.659. The smallest absolute Gasteiger partial charge is 0.257 e. The Morgan fingerprint density at radius 2 is 1.58 bits per heavy atom. The average Bonchev–Trinajstić information content (AvgIpc) is 3.34. The summed E-state index contributed by atoms with van der Waals surface area (Å²) in [5.74, 6) is -0.139. The molecule has 5 rings (SSSR count). The van der Waals surface area contributed by atoms with Crippen LogP contribution in [0.25, 0.3) is 0 Å². The first-order valence-electron chi connectivity index (χ1n) is 11.6. The number of pyridine rings is 1. The number of halogens is 1. The van der Waals surface area contributed by atoms with Crippen molar-refractivity contribution in [3.63, 3.8) is 0 Å². The van der Waals surface area contributed by atoms with Crippen molar-refractivity contribution in [3.05, 3.63) is 71.7 Å². The molecule has 1 fully saturated rings. The third-order valence-electron chi connectivity index (χ3n) is 6.17. The van der Waals surface area contributed by atoms with Gasteiger partial charge in [0, 0.05) is 18.2 Å². The molecule has 3 N–H and O–H groups in total. The molecule has 186 valence electrons. The van der Waals surface area contributed by atoms with E-state index in [-0.39, 0.29) is 47.5 Å². The van der Waals surface area contributed by atoms with E-state index in [0.29, 0.717) is 42.9 Å². The summed E-state index contributed by atoms with van der Waals surface area (Å²) in [6, 6.07) is 12.2. The van der Waals surface area contributed by atoms with E-state index in [0.717, 1.165) is 12.3 Å². The first-order chi connectivity index (χ1) is 17.5. The molecule has 0 bridgehead atoms. The molecular weight excluding hydrogens is 469 g/mol. The van der Waals surface area contributed by atoms with Gasteiger partial charge in [-0.15, -0.1) is 0 Å². The number of rotatable bonds is 6. The summed E-state index contributed by atoms with van der Waals surface area (Å²) in [5.41, 5.74) is 0.198. The number of aromatic hydroxyl groups is 1. The minimum absolute atomic E-state index is 0.0253. The van der Waals surface area contributed by atoms with E-state index in [1.54, 1.807) is 36.4 Å². The van der Waals surface area contributed by atoms with Crippen LogP contribution in [0.2, 0.25) is 0 Å². The number of phenolic OH excluding ortho intramolecular Hbond substituents is 1. The van der Waals surface area contributed by atoms with Gasteiger partial charge in [0.15, 0.2) is 11.5 Å². The summed E-state index contributed by atoms with van der Waals surface area (Å²) in [7, 11) is 0. The van der Waals surface area contributed by atoms with Gasteiger partial charge in [-0.1, -0.05) is 12.1 Å². The van der Waals surface area contributed by atoms with E-state index in [9.17, 15) is 19.1 Å². The maximum Gasteiger partial charge on any atom is 0.257 e. The van der Waals surface area contributed by atoms with E-state index < -0.39 is 11.7 Å². The number of aromatic nitrogens is 1. The molecule has 9 nitrogen and oxygen atoms in total. The quantitative estimate of drug-likeness (QED) is 0.476. The van der Waals surface area contributed by atoms with Gasteiger partial charge < -0.3 is 30.0 Å². The monoisotopic (exact) mass is 493 g/mol.